The van der Waals surface area contributed by atoms with Crippen molar-refractivity contribution in [2.75, 3.05) is 19.4 Å². The summed E-state index contributed by atoms with van der Waals surface area (Å²) >= 11 is 1.56. The molecule has 4 nitrogen and oxygen atoms in total. The van der Waals surface area contributed by atoms with Gasteiger partial charge >= 0.3 is 6.03 Å². The molecule has 0 radical (unpaired) electrons. The van der Waals surface area contributed by atoms with E-state index in [4.69, 9.17) is 5.11 Å². The molecule has 0 saturated carbocycles. The molecule has 2 unspecified atom stereocenters. The molecule has 2 amide bonds. The topological polar surface area (TPSA) is 61.4 Å². The molecule has 102 valence electrons. The smallest absolute Gasteiger partial charge is 0.315 e. The summed E-state index contributed by atoms with van der Waals surface area (Å²) in [6, 6.07) is -0.173. The number of carbonyl (C=O) groups excluding carboxylic acids is 1. The van der Waals surface area contributed by atoms with Gasteiger partial charge in [-0.15, -0.1) is 0 Å². The van der Waals surface area contributed by atoms with Crippen molar-refractivity contribution in [3.05, 3.63) is 0 Å². The first-order chi connectivity index (χ1) is 8.08. The van der Waals surface area contributed by atoms with E-state index in [0.29, 0.717) is 12.5 Å². The van der Waals surface area contributed by atoms with Crippen molar-refractivity contribution in [1.82, 2.24) is 10.6 Å². The van der Waals surface area contributed by atoms with Crippen LogP contribution in [0.1, 0.15) is 33.6 Å². The van der Waals surface area contributed by atoms with Crippen LogP contribution in [0.4, 0.5) is 4.79 Å². The number of amides is 2. The van der Waals surface area contributed by atoms with Crippen LogP contribution >= 0.6 is 11.8 Å². The molecule has 5 heteroatoms. The number of aliphatic hydroxyl groups excluding tert-OH is 1. The Morgan fingerprint density at radius 1 is 1.35 bits per heavy atom. The van der Waals surface area contributed by atoms with Crippen LogP contribution < -0.4 is 10.6 Å². The third kappa shape index (κ3) is 6.78. The molecular formula is C12H26N2O2S. The normalized spacial score (nSPS) is 14.5. The van der Waals surface area contributed by atoms with Crippen molar-refractivity contribution in [1.29, 1.82) is 0 Å². The van der Waals surface area contributed by atoms with E-state index in [9.17, 15) is 4.79 Å². The van der Waals surface area contributed by atoms with Gasteiger partial charge in [0.25, 0.3) is 0 Å². The molecule has 0 rings (SSSR count). The predicted octanol–water partition coefficient (Wildman–Crippen LogP) is 1.83. The van der Waals surface area contributed by atoms with E-state index in [1.807, 2.05) is 13.2 Å². The van der Waals surface area contributed by atoms with Gasteiger partial charge in [-0.25, -0.2) is 4.79 Å². The minimum absolute atomic E-state index is 0.0308. The summed E-state index contributed by atoms with van der Waals surface area (Å²) in [7, 11) is 0. The third-order valence-corrected chi connectivity index (χ3v) is 4.27. The predicted molar refractivity (Wildman–Crippen MR) is 74.5 cm³/mol. The van der Waals surface area contributed by atoms with Crippen molar-refractivity contribution < 1.29 is 9.90 Å². The molecule has 0 fully saturated rings. The quantitative estimate of drug-likeness (QED) is 0.625. The highest BCUT2D eigenvalue weighted by atomic mass is 32.2. The summed E-state index contributed by atoms with van der Waals surface area (Å²) in [5.74, 6) is 0.547. The third-order valence-electron chi connectivity index (χ3n) is 3.11. The van der Waals surface area contributed by atoms with Crippen LogP contribution in [0.5, 0.6) is 0 Å². The molecule has 0 aliphatic rings. The molecule has 0 aromatic rings. The summed E-state index contributed by atoms with van der Waals surface area (Å²) < 4.78 is 0. The van der Waals surface area contributed by atoms with Gasteiger partial charge in [0.2, 0.25) is 0 Å². The first-order valence-electron chi connectivity index (χ1n) is 6.26. The average Bonchev–Trinajstić information content (AvgIpc) is 2.31. The Labute approximate surface area is 109 Å². The van der Waals surface area contributed by atoms with E-state index in [-0.39, 0.29) is 23.9 Å². The first-order valence-corrected chi connectivity index (χ1v) is 7.55. The molecule has 0 aromatic heterocycles. The standard InChI is InChI=1S/C12H26N2O2S/c1-5-10(6-2)7-13-12(16)14-9(3)11(8-15)17-4/h9-11,15H,5-8H2,1-4H3,(H2,13,14,16). The van der Waals surface area contributed by atoms with Gasteiger partial charge in [-0.3, -0.25) is 0 Å². The maximum Gasteiger partial charge on any atom is 0.315 e. The zero-order valence-electron chi connectivity index (χ0n) is 11.3. The summed E-state index contributed by atoms with van der Waals surface area (Å²) in [5.41, 5.74) is 0. The maximum absolute atomic E-state index is 11.6. The van der Waals surface area contributed by atoms with Gasteiger partial charge in [0, 0.05) is 17.8 Å². The lowest BCUT2D eigenvalue weighted by Crippen LogP contribution is -2.47. The van der Waals surface area contributed by atoms with Gasteiger partial charge in [-0.2, -0.15) is 11.8 Å². The second kappa shape index (κ2) is 9.59. The molecule has 0 heterocycles. The summed E-state index contributed by atoms with van der Waals surface area (Å²) in [6.45, 7) is 6.97. The highest BCUT2D eigenvalue weighted by Gasteiger charge is 2.17. The Bertz CT molecular complexity index is 207. The highest BCUT2D eigenvalue weighted by molar-refractivity contribution is 7.99. The van der Waals surface area contributed by atoms with Gasteiger partial charge < -0.3 is 15.7 Å². The lowest BCUT2D eigenvalue weighted by Gasteiger charge is -2.22. The molecule has 0 saturated heterocycles. The van der Waals surface area contributed by atoms with Crippen LogP contribution in [0.2, 0.25) is 0 Å². The summed E-state index contributed by atoms with van der Waals surface area (Å²) in [5, 5.41) is 14.9. The van der Waals surface area contributed by atoms with Crippen LogP contribution in [0.15, 0.2) is 0 Å². The number of hydrogen-bond donors (Lipinski definition) is 3. The van der Waals surface area contributed by atoms with E-state index in [2.05, 4.69) is 24.5 Å². The van der Waals surface area contributed by atoms with Crippen molar-refractivity contribution in [3.8, 4) is 0 Å². The molecular weight excluding hydrogens is 236 g/mol. The van der Waals surface area contributed by atoms with E-state index in [1.165, 1.54) is 0 Å². The van der Waals surface area contributed by atoms with Crippen molar-refractivity contribution in [2.45, 2.75) is 44.9 Å². The molecule has 3 N–H and O–H groups in total. The maximum atomic E-state index is 11.6. The van der Waals surface area contributed by atoms with Gasteiger partial charge in [0.05, 0.1) is 6.61 Å². The minimum atomic E-state index is -0.142. The van der Waals surface area contributed by atoms with E-state index >= 15 is 0 Å². The van der Waals surface area contributed by atoms with Crippen molar-refractivity contribution >= 4 is 17.8 Å². The number of nitrogens with one attached hydrogen (secondary N) is 2. The van der Waals surface area contributed by atoms with Gasteiger partial charge in [0.1, 0.15) is 0 Å². The Morgan fingerprint density at radius 3 is 2.35 bits per heavy atom. The number of thioether (sulfide) groups is 1. The number of carbonyl (C=O) groups is 1. The molecule has 17 heavy (non-hydrogen) atoms. The van der Waals surface area contributed by atoms with E-state index < -0.39 is 0 Å². The van der Waals surface area contributed by atoms with Gasteiger partial charge in [-0.05, 0) is 19.1 Å². The van der Waals surface area contributed by atoms with Crippen LogP contribution in [0, 0.1) is 5.92 Å². The Hall–Kier alpha value is -0.420. The lowest BCUT2D eigenvalue weighted by atomic mass is 10.0. The fourth-order valence-corrected chi connectivity index (χ4v) is 2.23. The first kappa shape index (κ1) is 16.6. The molecule has 0 aliphatic carbocycles. The SMILES string of the molecule is CCC(CC)CNC(=O)NC(C)C(CO)SC. The van der Waals surface area contributed by atoms with Crippen LogP contribution in [-0.2, 0) is 0 Å². The fourth-order valence-electron chi connectivity index (χ4n) is 1.60. The molecule has 0 aromatic carbocycles. The number of hydrogen-bond acceptors (Lipinski definition) is 3. The number of rotatable bonds is 8. The largest absolute Gasteiger partial charge is 0.395 e. The summed E-state index contributed by atoms with van der Waals surface area (Å²) in [6.07, 6.45) is 4.09. The molecule has 2 atom stereocenters. The van der Waals surface area contributed by atoms with Crippen molar-refractivity contribution in [2.24, 2.45) is 5.92 Å². The molecule has 0 spiro atoms. The number of urea groups is 1. The van der Waals surface area contributed by atoms with E-state index in [1.54, 1.807) is 11.8 Å². The van der Waals surface area contributed by atoms with E-state index in [0.717, 1.165) is 12.8 Å². The minimum Gasteiger partial charge on any atom is -0.395 e. The van der Waals surface area contributed by atoms with Crippen LogP contribution in [0.3, 0.4) is 0 Å². The second-order valence-corrected chi connectivity index (χ2v) is 5.36. The zero-order valence-corrected chi connectivity index (χ0v) is 12.1. The fraction of sp³-hybridized carbons (Fsp3) is 0.917. The molecule has 0 aliphatic heterocycles. The average molecular weight is 262 g/mol. The Kier molecular flexibility index (Phi) is 9.36. The zero-order chi connectivity index (χ0) is 13.3. The summed E-state index contributed by atoms with van der Waals surface area (Å²) in [4.78, 5) is 11.6. The lowest BCUT2D eigenvalue weighted by molar-refractivity contribution is 0.230. The number of aliphatic hydroxyl groups is 1. The monoisotopic (exact) mass is 262 g/mol. The Morgan fingerprint density at radius 2 is 1.94 bits per heavy atom. The van der Waals surface area contributed by atoms with Gasteiger partial charge in [-0.1, -0.05) is 26.7 Å². The van der Waals surface area contributed by atoms with Crippen molar-refractivity contribution in [3.63, 3.8) is 0 Å². The van der Waals surface area contributed by atoms with Crippen LogP contribution in [0.25, 0.3) is 0 Å². The molecule has 0 bridgehead atoms. The highest BCUT2D eigenvalue weighted by Crippen LogP contribution is 2.10. The van der Waals surface area contributed by atoms with Crippen LogP contribution in [-0.4, -0.2) is 41.8 Å². The Balaban J connectivity index is 3.92. The second-order valence-electron chi connectivity index (χ2n) is 4.28. The van der Waals surface area contributed by atoms with Gasteiger partial charge in [0.15, 0.2) is 0 Å².